The number of phenolic OH excluding ortho intramolecular Hbond substituents is 1. The zero-order valence-electron chi connectivity index (χ0n) is 14.6. The maximum atomic E-state index is 12.4. The molecule has 1 heterocycles. The Morgan fingerprint density at radius 2 is 1.78 bits per heavy atom. The number of phenols is 1. The first-order valence-electron chi connectivity index (χ1n) is 8.55. The lowest BCUT2D eigenvalue weighted by Gasteiger charge is -2.18. The van der Waals surface area contributed by atoms with E-state index in [1.807, 2.05) is 30.5 Å². The summed E-state index contributed by atoms with van der Waals surface area (Å²) in [6, 6.07) is 11.9. The van der Waals surface area contributed by atoms with Crippen LogP contribution in [0, 0.1) is 0 Å². The summed E-state index contributed by atoms with van der Waals surface area (Å²) in [5, 5.41) is 22.2. The molecule has 2 unspecified atom stereocenters. The number of carboxylic acid groups (broad SMARTS) is 1. The largest absolute Gasteiger partial charge is 0.508 e. The second kappa shape index (κ2) is 7.92. The van der Waals surface area contributed by atoms with Crippen molar-refractivity contribution >= 4 is 22.8 Å². The molecule has 1 aromatic heterocycles. The Hall–Kier alpha value is -3.32. The molecule has 0 bridgehead atoms. The second-order valence-corrected chi connectivity index (χ2v) is 6.44. The number of aromatic hydroxyl groups is 1. The molecule has 3 rings (SSSR count). The van der Waals surface area contributed by atoms with Crippen LogP contribution in [0.2, 0.25) is 0 Å². The van der Waals surface area contributed by atoms with Crippen LogP contribution in [0.4, 0.5) is 0 Å². The molecule has 6 N–H and O–H groups in total. The summed E-state index contributed by atoms with van der Waals surface area (Å²) in [6.45, 7) is 0. The van der Waals surface area contributed by atoms with Gasteiger partial charge in [0.2, 0.25) is 5.91 Å². The van der Waals surface area contributed by atoms with Gasteiger partial charge in [-0.25, -0.2) is 4.79 Å². The van der Waals surface area contributed by atoms with E-state index < -0.39 is 24.0 Å². The van der Waals surface area contributed by atoms with Gasteiger partial charge < -0.3 is 26.2 Å². The zero-order chi connectivity index (χ0) is 19.4. The molecule has 0 aliphatic heterocycles. The number of carbonyl (C=O) groups excluding carboxylic acids is 1. The molecule has 0 aliphatic carbocycles. The summed E-state index contributed by atoms with van der Waals surface area (Å²) in [4.78, 5) is 27.1. The fourth-order valence-electron chi connectivity index (χ4n) is 2.98. The Morgan fingerprint density at radius 1 is 1.07 bits per heavy atom. The molecule has 7 nitrogen and oxygen atoms in total. The van der Waals surface area contributed by atoms with Crippen molar-refractivity contribution in [1.82, 2.24) is 10.3 Å². The highest BCUT2D eigenvalue weighted by Gasteiger charge is 2.24. The van der Waals surface area contributed by atoms with Gasteiger partial charge in [-0.3, -0.25) is 4.79 Å². The minimum absolute atomic E-state index is 0.0930. The lowest BCUT2D eigenvalue weighted by molar-refractivity contribution is -0.141. The number of H-pyrrole nitrogens is 1. The summed E-state index contributed by atoms with van der Waals surface area (Å²) in [5.74, 6) is -1.57. The predicted octanol–water partition coefficient (Wildman–Crippen LogP) is 1.56. The molecule has 1 amide bonds. The first-order valence-corrected chi connectivity index (χ1v) is 8.55. The van der Waals surface area contributed by atoms with E-state index in [0.717, 1.165) is 16.5 Å². The maximum absolute atomic E-state index is 12.4. The van der Waals surface area contributed by atoms with Gasteiger partial charge in [-0.1, -0.05) is 30.3 Å². The number of hydrogen-bond acceptors (Lipinski definition) is 4. The van der Waals surface area contributed by atoms with E-state index in [1.165, 1.54) is 12.1 Å². The number of hydrogen-bond donors (Lipinski definition) is 5. The van der Waals surface area contributed by atoms with Crippen molar-refractivity contribution in [1.29, 1.82) is 0 Å². The Kier molecular flexibility index (Phi) is 5.42. The molecule has 7 heteroatoms. The van der Waals surface area contributed by atoms with Crippen molar-refractivity contribution in [3.63, 3.8) is 0 Å². The van der Waals surface area contributed by atoms with E-state index in [1.54, 1.807) is 12.1 Å². The maximum Gasteiger partial charge on any atom is 0.326 e. The number of amides is 1. The van der Waals surface area contributed by atoms with Crippen molar-refractivity contribution in [3.8, 4) is 5.75 Å². The van der Waals surface area contributed by atoms with Gasteiger partial charge in [-0.15, -0.1) is 0 Å². The number of nitrogens with two attached hydrogens (primary N) is 1. The number of aromatic amines is 1. The Labute approximate surface area is 155 Å². The summed E-state index contributed by atoms with van der Waals surface area (Å²) in [5.41, 5.74) is 8.55. The highest BCUT2D eigenvalue weighted by atomic mass is 16.4. The van der Waals surface area contributed by atoms with Gasteiger partial charge in [0, 0.05) is 23.5 Å². The molecule has 2 aromatic carbocycles. The van der Waals surface area contributed by atoms with E-state index in [4.69, 9.17) is 5.73 Å². The highest BCUT2D eigenvalue weighted by molar-refractivity contribution is 5.88. The van der Waals surface area contributed by atoms with Crippen LogP contribution < -0.4 is 11.1 Å². The van der Waals surface area contributed by atoms with Gasteiger partial charge in [0.05, 0.1) is 6.04 Å². The van der Waals surface area contributed by atoms with E-state index >= 15 is 0 Å². The highest BCUT2D eigenvalue weighted by Crippen LogP contribution is 2.19. The first-order chi connectivity index (χ1) is 12.9. The molecule has 3 aromatic rings. The topological polar surface area (TPSA) is 128 Å². The van der Waals surface area contributed by atoms with E-state index in [9.17, 15) is 19.8 Å². The standard InChI is InChI=1S/C20H21N3O4/c21-16(10-13-11-22-17-4-2-1-3-15(13)17)19(25)23-18(20(26)27)9-12-5-7-14(24)8-6-12/h1-8,11,16,18,22,24H,9-10,21H2,(H,23,25)(H,26,27). The van der Waals surface area contributed by atoms with Crippen molar-refractivity contribution in [2.24, 2.45) is 5.73 Å². The van der Waals surface area contributed by atoms with Crippen molar-refractivity contribution in [2.45, 2.75) is 24.9 Å². The smallest absolute Gasteiger partial charge is 0.326 e. The third kappa shape index (κ3) is 4.45. The first kappa shape index (κ1) is 18.5. The minimum Gasteiger partial charge on any atom is -0.508 e. The quantitative estimate of drug-likeness (QED) is 0.433. The van der Waals surface area contributed by atoms with Gasteiger partial charge in [-0.2, -0.15) is 0 Å². The summed E-state index contributed by atoms with van der Waals surface area (Å²) < 4.78 is 0. The number of benzene rings is 2. The number of aromatic nitrogens is 1. The van der Waals surface area contributed by atoms with Crippen LogP contribution in [0.5, 0.6) is 5.75 Å². The van der Waals surface area contributed by atoms with Crippen LogP contribution in [-0.2, 0) is 22.4 Å². The fraction of sp³-hybridized carbons (Fsp3) is 0.200. The van der Waals surface area contributed by atoms with Crippen LogP contribution in [0.1, 0.15) is 11.1 Å². The number of fused-ring (bicyclic) bond motifs is 1. The lowest BCUT2D eigenvalue weighted by Crippen LogP contribution is -2.50. The van der Waals surface area contributed by atoms with Gasteiger partial charge in [-0.05, 0) is 35.7 Å². The molecule has 0 saturated carbocycles. The second-order valence-electron chi connectivity index (χ2n) is 6.44. The lowest BCUT2D eigenvalue weighted by atomic mass is 10.0. The number of carbonyl (C=O) groups is 2. The number of carboxylic acids is 1. The monoisotopic (exact) mass is 367 g/mol. The number of rotatable bonds is 7. The van der Waals surface area contributed by atoms with Gasteiger partial charge in [0.15, 0.2) is 0 Å². The summed E-state index contributed by atoms with van der Waals surface area (Å²) in [6.07, 6.45) is 2.20. The molecule has 0 aliphatic rings. The Bertz CT molecular complexity index is 949. The average Bonchev–Trinajstić information content (AvgIpc) is 3.05. The molecule has 0 radical (unpaired) electrons. The molecular formula is C20H21N3O4. The summed E-state index contributed by atoms with van der Waals surface area (Å²) >= 11 is 0. The molecule has 0 fully saturated rings. The average molecular weight is 367 g/mol. The SMILES string of the molecule is NC(Cc1c[nH]c2ccccc12)C(=O)NC(Cc1ccc(O)cc1)C(=O)O. The predicted molar refractivity (Wildman–Crippen MR) is 101 cm³/mol. The molecule has 140 valence electrons. The summed E-state index contributed by atoms with van der Waals surface area (Å²) in [7, 11) is 0. The third-order valence-corrected chi connectivity index (χ3v) is 4.44. The minimum atomic E-state index is -1.14. The van der Waals surface area contributed by atoms with Crippen LogP contribution >= 0.6 is 0 Å². The van der Waals surface area contributed by atoms with Gasteiger partial charge in [0.1, 0.15) is 11.8 Å². The van der Waals surface area contributed by atoms with Crippen molar-refractivity contribution in [2.75, 3.05) is 0 Å². The van der Waals surface area contributed by atoms with Crippen LogP contribution in [0.25, 0.3) is 10.9 Å². The van der Waals surface area contributed by atoms with Crippen LogP contribution in [-0.4, -0.2) is 39.2 Å². The van der Waals surface area contributed by atoms with E-state index in [2.05, 4.69) is 10.3 Å². The van der Waals surface area contributed by atoms with Gasteiger partial charge >= 0.3 is 5.97 Å². The molecule has 2 atom stereocenters. The normalized spacial score (nSPS) is 13.2. The molecular weight excluding hydrogens is 346 g/mol. The molecule has 0 saturated heterocycles. The van der Waals surface area contributed by atoms with Gasteiger partial charge in [0.25, 0.3) is 0 Å². The van der Waals surface area contributed by atoms with Crippen molar-refractivity contribution < 1.29 is 19.8 Å². The Morgan fingerprint density at radius 3 is 2.48 bits per heavy atom. The fourth-order valence-corrected chi connectivity index (χ4v) is 2.98. The zero-order valence-corrected chi connectivity index (χ0v) is 14.6. The molecule has 0 spiro atoms. The third-order valence-electron chi connectivity index (χ3n) is 4.44. The van der Waals surface area contributed by atoms with E-state index in [0.29, 0.717) is 12.0 Å². The Balaban J connectivity index is 1.66. The van der Waals surface area contributed by atoms with Crippen LogP contribution in [0.15, 0.2) is 54.7 Å². The van der Waals surface area contributed by atoms with E-state index in [-0.39, 0.29) is 12.2 Å². The van der Waals surface area contributed by atoms with Crippen molar-refractivity contribution in [3.05, 3.63) is 65.9 Å². The molecule has 27 heavy (non-hydrogen) atoms. The number of aliphatic carboxylic acids is 1. The van der Waals surface area contributed by atoms with Crippen LogP contribution in [0.3, 0.4) is 0 Å². The number of nitrogens with one attached hydrogen (secondary N) is 2. The number of para-hydroxylation sites is 1.